The molecule has 0 amide bonds. The molecule has 0 saturated heterocycles. The van der Waals surface area contributed by atoms with Crippen molar-refractivity contribution in [1.29, 1.82) is 0 Å². The molecular weight excluding hydrogens is 411 g/mol. The number of rotatable bonds is 9. The largest absolute Gasteiger partial charge is 0.493 e. The van der Waals surface area contributed by atoms with Crippen LogP contribution in [0, 0.1) is 5.82 Å². The molecule has 0 spiro atoms. The van der Waals surface area contributed by atoms with E-state index in [0.29, 0.717) is 34.9 Å². The lowest BCUT2D eigenvalue weighted by molar-refractivity contribution is -0.131. The number of carboxylic acids is 1. The predicted molar refractivity (Wildman–Crippen MR) is 109 cm³/mol. The molecule has 3 aromatic rings. The monoisotopic (exact) mass is 430 g/mol. The minimum absolute atomic E-state index is 0.00313. The molecule has 156 valence electrons. The van der Waals surface area contributed by atoms with Crippen molar-refractivity contribution < 1.29 is 28.2 Å². The van der Waals surface area contributed by atoms with Gasteiger partial charge in [-0.15, -0.1) is 10.2 Å². The fraction of sp³-hybridized carbons (Fsp3) is 0.190. The molecule has 0 aliphatic heterocycles. The first-order valence-electron chi connectivity index (χ1n) is 8.99. The summed E-state index contributed by atoms with van der Waals surface area (Å²) in [6, 6.07) is 11.3. The molecule has 3 rings (SSSR count). The molecule has 0 bridgehead atoms. The van der Waals surface area contributed by atoms with E-state index in [2.05, 4.69) is 10.2 Å². The van der Waals surface area contributed by atoms with Crippen LogP contribution in [0.5, 0.6) is 11.5 Å². The van der Waals surface area contributed by atoms with Crippen LogP contribution in [0.4, 0.5) is 4.39 Å². The van der Waals surface area contributed by atoms with E-state index in [1.165, 1.54) is 19.3 Å². The first-order chi connectivity index (χ1) is 14.5. The quantitative estimate of drug-likeness (QED) is 0.389. The molecule has 0 saturated carbocycles. The Bertz CT molecular complexity index is 1070. The highest BCUT2D eigenvalue weighted by Gasteiger charge is 2.16. The van der Waals surface area contributed by atoms with Crippen molar-refractivity contribution in [2.75, 3.05) is 7.11 Å². The third-order valence-electron chi connectivity index (χ3n) is 3.99. The van der Waals surface area contributed by atoms with Crippen molar-refractivity contribution in [1.82, 2.24) is 10.2 Å². The Balaban J connectivity index is 1.79. The van der Waals surface area contributed by atoms with E-state index in [1.807, 2.05) is 6.92 Å². The van der Waals surface area contributed by atoms with Crippen molar-refractivity contribution in [3.63, 3.8) is 0 Å². The van der Waals surface area contributed by atoms with Gasteiger partial charge in [0.15, 0.2) is 11.5 Å². The number of carboxylic acid groups (broad SMARTS) is 1. The van der Waals surface area contributed by atoms with Gasteiger partial charge in [0.1, 0.15) is 17.3 Å². The number of methoxy groups -OCH3 is 1. The van der Waals surface area contributed by atoms with E-state index < -0.39 is 5.97 Å². The van der Waals surface area contributed by atoms with Gasteiger partial charge in [-0.1, -0.05) is 31.2 Å². The number of benzene rings is 2. The summed E-state index contributed by atoms with van der Waals surface area (Å²) in [6.07, 6.45) is 2.03. The second-order valence-corrected chi connectivity index (χ2v) is 7.01. The second-order valence-electron chi connectivity index (χ2n) is 6.02. The van der Waals surface area contributed by atoms with Gasteiger partial charge in [0.05, 0.1) is 7.11 Å². The molecule has 0 aliphatic rings. The van der Waals surface area contributed by atoms with Crippen molar-refractivity contribution in [3.8, 4) is 11.5 Å². The molecule has 7 nitrogen and oxygen atoms in total. The van der Waals surface area contributed by atoms with E-state index in [0.717, 1.165) is 11.8 Å². The van der Waals surface area contributed by atoms with Gasteiger partial charge < -0.3 is 19.0 Å². The zero-order valence-corrected chi connectivity index (χ0v) is 17.1. The molecule has 2 aromatic carbocycles. The van der Waals surface area contributed by atoms with Crippen molar-refractivity contribution in [2.24, 2.45) is 0 Å². The number of aryl methyl sites for hydroxylation is 1. The number of thioether (sulfide) groups is 1. The van der Waals surface area contributed by atoms with Gasteiger partial charge in [-0.2, -0.15) is 0 Å². The Morgan fingerprint density at radius 3 is 2.70 bits per heavy atom. The Kier molecular flexibility index (Phi) is 7.08. The zero-order chi connectivity index (χ0) is 21.5. The lowest BCUT2D eigenvalue weighted by atomic mass is 10.2. The number of ether oxygens (including phenoxy) is 2. The van der Waals surface area contributed by atoms with Crippen LogP contribution < -0.4 is 9.47 Å². The molecular formula is C21H19FN2O5S. The average Bonchev–Trinajstić information content (AvgIpc) is 3.20. The fourth-order valence-electron chi connectivity index (χ4n) is 2.47. The first kappa shape index (κ1) is 21.4. The van der Waals surface area contributed by atoms with Crippen LogP contribution in [0.25, 0.3) is 6.08 Å². The van der Waals surface area contributed by atoms with Gasteiger partial charge in [0.2, 0.25) is 5.89 Å². The molecule has 1 N–H and O–H groups in total. The van der Waals surface area contributed by atoms with Crippen molar-refractivity contribution in [3.05, 3.63) is 70.2 Å². The molecule has 30 heavy (non-hydrogen) atoms. The van der Waals surface area contributed by atoms with Gasteiger partial charge in [-0.05, 0) is 41.6 Å². The minimum Gasteiger partial charge on any atom is -0.493 e. The van der Waals surface area contributed by atoms with Crippen LogP contribution in [-0.2, 0) is 17.8 Å². The third-order valence-corrected chi connectivity index (χ3v) is 4.84. The minimum atomic E-state index is -1.13. The van der Waals surface area contributed by atoms with E-state index in [1.54, 1.807) is 36.4 Å². The van der Waals surface area contributed by atoms with Gasteiger partial charge >= 0.3 is 5.97 Å². The smallest absolute Gasteiger partial charge is 0.342 e. The summed E-state index contributed by atoms with van der Waals surface area (Å²) < 4.78 is 30.1. The van der Waals surface area contributed by atoms with Crippen molar-refractivity contribution in [2.45, 2.75) is 25.2 Å². The van der Waals surface area contributed by atoms with Crippen LogP contribution in [0.1, 0.15) is 23.9 Å². The standard InChI is InChI=1S/C21H19FN2O5S/c1-3-19-23-24-21(29-19)30-18(20(25)26)11-13-8-9-16(17(10-13)27-2)28-12-14-6-4-5-7-15(14)22/h4-11H,3,12H2,1-2H3,(H,25,26)/b18-11-. The van der Waals surface area contributed by atoms with Gasteiger partial charge in [-0.3, -0.25) is 0 Å². The topological polar surface area (TPSA) is 94.7 Å². The van der Waals surface area contributed by atoms with E-state index in [4.69, 9.17) is 13.9 Å². The van der Waals surface area contributed by atoms with E-state index in [-0.39, 0.29) is 22.6 Å². The Morgan fingerprint density at radius 2 is 2.03 bits per heavy atom. The van der Waals surface area contributed by atoms with Gasteiger partial charge in [0.25, 0.3) is 5.22 Å². The number of hydrogen-bond acceptors (Lipinski definition) is 7. The maximum Gasteiger partial charge on any atom is 0.342 e. The fourth-order valence-corrected chi connectivity index (χ4v) is 3.16. The summed E-state index contributed by atoms with van der Waals surface area (Å²) in [5.74, 6) is -0.255. The van der Waals surface area contributed by atoms with Crippen LogP contribution >= 0.6 is 11.8 Å². The molecule has 0 aliphatic carbocycles. The Labute approximate surface area is 176 Å². The Morgan fingerprint density at radius 1 is 1.23 bits per heavy atom. The van der Waals surface area contributed by atoms with Crippen LogP contribution in [-0.4, -0.2) is 28.4 Å². The highest BCUT2D eigenvalue weighted by atomic mass is 32.2. The van der Waals surface area contributed by atoms with E-state index in [9.17, 15) is 14.3 Å². The Hall–Kier alpha value is -3.33. The van der Waals surface area contributed by atoms with Crippen LogP contribution in [0.15, 0.2) is 57.0 Å². The lowest BCUT2D eigenvalue weighted by Crippen LogP contribution is -2.00. The third kappa shape index (κ3) is 5.38. The van der Waals surface area contributed by atoms with Crippen LogP contribution in [0.3, 0.4) is 0 Å². The number of hydrogen-bond donors (Lipinski definition) is 1. The highest BCUT2D eigenvalue weighted by molar-refractivity contribution is 8.03. The molecule has 0 atom stereocenters. The summed E-state index contributed by atoms with van der Waals surface area (Å²) in [5.41, 5.74) is 0.990. The first-order valence-corrected chi connectivity index (χ1v) is 9.81. The van der Waals surface area contributed by atoms with Gasteiger partial charge in [0, 0.05) is 12.0 Å². The molecule has 9 heteroatoms. The molecule has 0 unspecified atom stereocenters. The number of aliphatic carboxylic acids is 1. The molecule has 0 radical (unpaired) electrons. The number of aromatic nitrogens is 2. The summed E-state index contributed by atoms with van der Waals surface area (Å²) in [5, 5.41) is 17.3. The predicted octanol–water partition coefficient (Wildman–Crippen LogP) is 4.58. The zero-order valence-electron chi connectivity index (χ0n) is 16.3. The summed E-state index contributed by atoms with van der Waals surface area (Å²) >= 11 is 0.862. The maximum atomic E-state index is 13.8. The summed E-state index contributed by atoms with van der Waals surface area (Å²) in [6.45, 7) is 1.89. The molecule has 1 heterocycles. The lowest BCUT2D eigenvalue weighted by Gasteiger charge is -2.12. The molecule has 0 fully saturated rings. The maximum absolute atomic E-state index is 13.8. The van der Waals surface area contributed by atoms with Crippen LogP contribution in [0.2, 0.25) is 0 Å². The second kappa shape index (κ2) is 9.93. The summed E-state index contributed by atoms with van der Waals surface area (Å²) in [4.78, 5) is 11.6. The average molecular weight is 430 g/mol. The van der Waals surface area contributed by atoms with E-state index >= 15 is 0 Å². The number of nitrogens with zero attached hydrogens (tertiary/aromatic N) is 2. The normalized spacial score (nSPS) is 11.4. The number of carbonyl (C=O) groups is 1. The van der Waals surface area contributed by atoms with Gasteiger partial charge in [-0.25, -0.2) is 9.18 Å². The number of halogens is 1. The highest BCUT2D eigenvalue weighted by Crippen LogP contribution is 2.32. The molecule has 1 aromatic heterocycles. The van der Waals surface area contributed by atoms with Crippen molar-refractivity contribution >= 4 is 23.8 Å². The SMILES string of the molecule is CCc1nnc(S/C(=C\c2ccc(OCc3ccccc3F)c(OC)c2)C(=O)O)o1. The summed E-state index contributed by atoms with van der Waals surface area (Å²) in [7, 11) is 1.47.